The van der Waals surface area contributed by atoms with E-state index in [1.165, 1.54) is 17.0 Å². The molecule has 0 radical (unpaired) electrons. The third-order valence-corrected chi connectivity index (χ3v) is 3.82. The first kappa shape index (κ1) is 13.3. The van der Waals surface area contributed by atoms with Crippen molar-refractivity contribution < 1.29 is 14.0 Å². The van der Waals surface area contributed by atoms with E-state index < -0.39 is 11.4 Å². The third-order valence-electron chi connectivity index (χ3n) is 2.76. The molecule has 1 heterocycles. The van der Waals surface area contributed by atoms with Crippen LogP contribution < -0.4 is 10.2 Å². The molecule has 0 atom stereocenters. The molecule has 0 aromatic heterocycles. The first-order valence-corrected chi connectivity index (χ1v) is 6.48. The predicted octanol–water partition coefficient (Wildman–Crippen LogP) is 1.67. The van der Waals surface area contributed by atoms with Crippen molar-refractivity contribution in [2.45, 2.75) is 19.4 Å². The zero-order valence-electron chi connectivity index (χ0n) is 9.96. The lowest BCUT2D eigenvalue weighted by Gasteiger charge is -2.37. The maximum atomic E-state index is 13.5. The van der Waals surface area contributed by atoms with Crippen LogP contribution in [0.15, 0.2) is 18.2 Å². The number of nitrogens with zero attached hydrogens (tertiary/aromatic N) is 1. The van der Waals surface area contributed by atoms with Crippen molar-refractivity contribution in [1.82, 2.24) is 5.32 Å². The average molecular weight is 362 g/mol. The lowest BCUT2D eigenvalue weighted by molar-refractivity contribution is -0.134. The van der Waals surface area contributed by atoms with Gasteiger partial charge in [-0.3, -0.25) is 14.5 Å². The van der Waals surface area contributed by atoms with Crippen LogP contribution in [0.2, 0.25) is 0 Å². The van der Waals surface area contributed by atoms with Gasteiger partial charge in [0.25, 0.3) is 5.91 Å². The largest absolute Gasteiger partial charge is 0.341 e. The Morgan fingerprint density at radius 2 is 2.06 bits per heavy atom. The summed E-state index contributed by atoms with van der Waals surface area (Å²) in [5, 5.41) is 2.61. The lowest BCUT2D eigenvalue weighted by atomic mass is 10.00. The molecule has 6 heteroatoms. The van der Waals surface area contributed by atoms with Gasteiger partial charge in [-0.2, -0.15) is 0 Å². The van der Waals surface area contributed by atoms with Gasteiger partial charge in [-0.05, 0) is 48.6 Å². The fourth-order valence-corrected chi connectivity index (χ4v) is 2.54. The Hall–Kier alpha value is -1.18. The number of rotatable bonds is 1. The molecule has 0 saturated carbocycles. The number of nitrogens with one attached hydrogen (secondary N) is 1. The minimum absolute atomic E-state index is 0.0816. The van der Waals surface area contributed by atoms with Gasteiger partial charge in [0.2, 0.25) is 5.91 Å². The zero-order valence-corrected chi connectivity index (χ0v) is 12.1. The van der Waals surface area contributed by atoms with Crippen LogP contribution >= 0.6 is 22.6 Å². The van der Waals surface area contributed by atoms with E-state index in [1.54, 1.807) is 19.9 Å². The summed E-state index contributed by atoms with van der Waals surface area (Å²) in [7, 11) is 0. The minimum atomic E-state index is -0.968. The summed E-state index contributed by atoms with van der Waals surface area (Å²) in [6.07, 6.45) is 0. The lowest BCUT2D eigenvalue weighted by Crippen LogP contribution is -2.64. The molecule has 0 spiro atoms. The van der Waals surface area contributed by atoms with E-state index in [1.807, 2.05) is 22.6 Å². The molecule has 2 amide bonds. The maximum Gasteiger partial charge on any atom is 0.252 e. The number of halogens is 2. The Morgan fingerprint density at radius 1 is 1.39 bits per heavy atom. The van der Waals surface area contributed by atoms with E-state index in [0.29, 0.717) is 9.26 Å². The Labute approximate surface area is 118 Å². The van der Waals surface area contributed by atoms with Crippen molar-refractivity contribution in [3.63, 3.8) is 0 Å². The summed E-state index contributed by atoms with van der Waals surface area (Å²) < 4.78 is 13.8. The Balaban J connectivity index is 2.46. The highest BCUT2D eigenvalue weighted by Gasteiger charge is 2.40. The molecule has 0 aliphatic carbocycles. The summed E-state index contributed by atoms with van der Waals surface area (Å²) in [5.74, 6) is -0.894. The van der Waals surface area contributed by atoms with E-state index >= 15 is 0 Å². The number of benzene rings is 1. The molecular weight excluding hydrogens is 350 g/mol. The molecule has 1 aromatic carbocycles. The number of carbonyl (C=O) groups excluding carboxylic acids is 2. The molecule has 1 aliphatic rings. The van der Waals surface area contributed by atoms with Crippen LogP contribution in [-0.4, -0.2) is 23.9 Å². The maximum absolute atomic E-state index is 13.5. The van der Waals surface area contributed by atoms with Gasteiger partial charge in [0.05, 0.1) is 9.26 Å². The Bertz CT molecular complexity index is 531. The van der Waals surface area contributed by atoms with E-state index in [9.17, 15) is 14.0 Å². The van der Waals surface area contributed by atoms with Crippen molar-refractivity contribution in [2.24, 2.45) is 0 Å². The summed E-state index contributed by atoms with van der Waals surface area (Å²) in [6, 6.07) is 4.49. The molecule has 96 valence electrons. The van der Waals surface area contributed by atoms with Crippen LogP contribution in [0.25, 0.3) is 0 Å². The summed E-state index contributed by atoms with van der Waals surface area (Å²) >= 11 is 1.84. The molecule has 1 saturated heterocycles. The number of anilines is 1. The van der Waals surface area contributed by atoms with E-state index in [-0.39, 0.29) is 18.4 Å². The second-order valence-corrected chi connectivity index (χ2v) is 5.72. The van der Waals surface area contributed by atoms with Gasteiger partial charge in [0.15, 0.2) is 0 Å². The molecule has 1 fully saturated rings. The number of hydrogen-bond donors (Lipinski definition) is 1. The highest BCUT2D eigenvalue weighted by molar-refractivity contribution is 14.1. The average Bonchev–Trinajstić information content (AvgIpc) is 2.27. The van der Waals surface area contributed by atoms with E-state index in [0.717, 1.165) is 0 Å². The van der Waals surface area contributed by atoms with Crippen LogP contribution in [0.5, 0.6) is 0 Å². The third kappa shape index (κ3) is 2.21. The summed E-state index contributed by atoms with van der Waals surface area (Å²) in [6.45, 7) is 3.18. The van der Waals surface area contributed by atoms with Crippen molar-refractivity contribution in [3.05, 3.63) is 27.6 Å². The molecule has 4 nitrogen and oxygen atoms in total. The molecule has 0 unspecified atom stereocenters. The zero-order chi connectivity index (χ0) is 13.5. The number of carbonyl (C=O) groups is 2. The standard InChI is InChI=1S/C12H12FIN2O2/c1-12(2)11(18)16(6-9(17)15-12)8-5-3-4-7(13)10(8)14/h3-5H,6H2,1-2H3,(H,15,17). The summed E-state index contributed by atoms with van der Waals surface area (Å²) in [5.41, 5.74) is -0.534. The van der Waals surface area contributed by atoms with Crippen LogP contribution in [0.1, 0.15) is 13.8 Å². The van der Waals surface area contributed by atoms with Crippen molar-refractivity contribution in [1.29, 1.82) is 0 Å². The van der Waals surface area contributed by atoms with Crippen LogP contribution in [0.4, 0.5) is 10.1 Å². The first-order valence-electron chi connectivity index (χ1n) is 5.40. The van der Waals surface area contributed by atoms with Gasteiger partial charge in [-0.1, -0.05) is 6.07 Å². The fourth-order valence-electron chi connectivity index (χ4n) is 1.89. The topological polar surface area (TPSA) is 49.4 Å². The van der Waals surface area contributed by atoms with Crippen LogP contribution in [-0.2, 0) is 9.59 Å². The molecule has 1 aromatic rings. The molecule has 1 N–H and O–H groups in total. The minimum Gasteiger partial charge on any atom is -0.341 e. The molecule has 18 heavy (non-hydrogen) atoms. The van der Waals surface area contributed by atoms with Gasteiger partial charge < -0.3 is 5.32 Å². The van der Waals surface area contributed by atoms with Crippen molar-refractivity contribution in [3.8, 4) is 0 Å². The summed E-state index contributed by atoms with van der Waals surface area (Å²) in [4.78, 5) is 25.2. The quantitative estimate of drug-likeness (QED) is 0.773. The Kier molecular flexibility index (Phi) is 3.31. The second-order valence-electron chi connectivity index (χ2n) is 4.64. The normalized spacial score (nSPS) is 18.8. The molecule has 0 bridgehead atoms. The number of hydrogen-bond acceptors (Lipinski definition) is 2. The first-order chi connectivity index (χ1) is 8.33. The smallest absolute Gasteiger partial charge is 0.252 e. The van der Waals surface area contributed by atoms with Crippen LogP contribution in [0, 0.1) is 9.39 Å². The van der Waals surface area contributed by atoms with Crippen molar-refractivity contribution in [2.75, 3.05) is 11.4 Å². The van der Waals surface area contributed by atoms with Gasteiger partial charge in [0.1, 0.15) is 17.9 Å². The van der Waals surface area contributed by atoms with Crippen LogP contribution in [0.3, 0.4) is 0 Å². The van der Waals surface area contributed by atoms with E-state index in [2.05, 4.69) is 5.32 Å². The number of amides is 2. The number of piperazine rings is 1. The molecule has 1 aliphatic heterocycles. The predicted molar refractivity (Wildman–Crippen MR) is 73.7 cm³/mol. The highest BCUT2D eigenvalue weighted by Crippen LogP contribution is 2.28. The van der Waals surface area contributed by atoms with Gasteiger partial charge in [-0.15, -0.1) is 0 Å². The SMILES string of the molecule is CC1(C)NC(=O)CN(c2cccc(F)c2I)C1=O. The van der Waals surface area contributed by atoms with Gasteiger partial charge in [0, 0.05) is 0 Å². The fraction of sp³-hybridized carbons (Fsp3) is 0.333. The second kappa shape index (κ2) is 4.49. The van der Waals surface area contributed by atoms with Crippen molar-refractivity contribution >= 4 is 40.1 Å². The van der Waals surface area contributed by atoms with Gasteiger partial charge in [-0.25, -0.2) is 4.39 Å². The highest BCUT2D eigenvalue weighted by atomic mass is 127. The monoisotopic (exact) mass is 362 g/mol. The van der Waals surface area contributed by atoms with E-state index in [4.69, 9.17) is 0 Å². The Morgan fingerprint density at radius 3 is 2.72 bits per heavy atom. The molecule has 2 rings (SSSR count). The molecular formula is C12H12FIN2O2. The van der Waals surface area contributed by atoms with Gasteiger partial charge >= 0.3 is 0 Å².